The molecule has 0 unspecified atom stereocenters. The number of nitrogens with zero attached hydrogens (tertiary/aromatic N) is 4. The van der Waals surface area contributed by atoms with Gasteiger partial charge in [0.1, 0.15) is 23.0 Å². The zero-order valence-corrected chi connectivity index (χ0v) is 17.3. The van der Waals surface area contributed by atoms with Crippen LogP contribution in [0.15, 0.2) is 36.4 Å². The molecule has 4 heterocycles. The standard InChI is InChI=1S/C20H7F12N5/c21-17(22,23)9-5-11(19(27,28)29)33-15-7(9)1-3-13(36-15)35-14-4-2-8-10(18(24,25)26)6-12(20(30,31)32)34-16(8)37-14/h1-6H,(H,33,34,35,36,37). The molecule has 0 radical (unpaired) electrons. The Morgan fingerprint density at radius 3 is 1.11 bits per heavy atom. The molecule has 0 aromatic carbocycles. The van der Waals surface area contributed by atoms with Crippen LogP contribution in [-0.4, -0.2) is 19.9 Å². The zero-order valence-electron chi connectivity index (χ0n) is 17.3. The van der Waals surface area contributed by atoms with Crippen molar-refractivity contribution in [1.29, 1.82) is 0 Å². The van der Waals surface area contributed by atoms with Crippen molar-refractivity contribution in [3.05, 3.63) is 58.9 Å². The van der Waals surface area contributed by atoms with Crippen molar-refractivity contribution in [1.82, 2.24) is 19.9 Å². The molecule has 0 aliphatic heterocycles. The molecule has 17 heteroatoms. The van der Waals surface area contributed by atoms with Gasteiger partial charge in [0.25, 0.3) is 0 Å². The van der Waals surface area contributed by atoms with Crippen LogP contribution in [0.2, 0.25) is 0 Å². The Morgan fingerprint density at radius 1 is 0.459 bits per heavy atom. The summed E-state index contributed by atoms with van der Waals surface area (Å²) in [5, 5.41) is 0.718. The number of nitrogens with one attached hydrogen (secondary N) is 1. The number of halogens is 12. The predicted octanol–water partition coefficient (Wildman–Crippen LogP) is 7.39. The first-order chi connectivity index (χ1) is 16.8. The van der Waals surface area contributed by atoms with Crippen LogP contribution in [-0.2, 0) is 24.7 Å². The quantitative estimate of drug-likeness (QED) is 0.266. The van der Waals surface area contributed by atoms with Crippen LogP contribution in [0.25, 0.3) is 22.1 Å². The van der Waals surface area contributed by atoms with Crippen LogP contribution in [0.1, 0.15) is 22.5 Å². The van der Waals surface area contributed by atoms with Gasteiger partial charge in [0.05, 0.1) is 11.1 Å². The number of aromatic nitrogens is 4. The third-order valence-electron chi connectivity index (χ3n) is 4.79. The van der Waals surface area contributed by atoms with Crippen LogP contribution in [0.3, 0.4) is 0 Å². The number of rotatable bonds is 2. The lowest BCUT2D eigenvalue weighted by atomic mass is 10.1. The summed E-state index contributed by atoms with van der Waals surface area (Å²) in [6.07, 6.45) is -20.9. The molecule has 0 amide bonds. The second kappa shape index (κ2) is 8.31. The summed E-state index contributed by atoms with van der Waals surface area (Å²) in [5.74, 6) is -0.912. The molecule has 0 saturated carbocycles. The molecule has 1 N–H and O–H groups in total. The molecule has 5 nitrogen and oxygen atoms in total. The highest BCUT2D eigenvalue weighted by Gasteiger charge is 2.41. The Kier molecular flexibility index (Phi) is 5.87. The van der Waals surface area contributed by atoms with Gasteiger partial charge in [0.2, 0.25) is 0 Å². The van der Waals surface area contributed by atoms with Gasteiger partial charge in [0, 0.05) is 10.8 Å². The molecule has 0 spiro atoms. The molecule has 0 saturated heterocycles. The fourth-order valence-electron chi connectivity index (χ4n) is 3.24. The molecule has 4 aromatic heterocycles. The van der Waals surface area contributed by atoms with E-state index in [0.29, 0.717) is 0 Å². The van der Waals surface area contributed by atoms with Crippen molar-refractivity contribution in [2.75, 3.05) is 5.32 Å². The lowest BCUT2D eigenvalue weighted by Crippen LogP contribution is -2.14. The number of hydrogen-bond acceptors (Lipinski definition) is 5. The van der Waals surface area contributed by atoms with E-state index in [1.165, 1.54) is 0 Å². The number of anilines is 2. The number of alkyl halides is 12. The van der Waals surface area contributed by atoms with Gasteiger partial charge in [-0.2, -0.15) is 52.7 Å². The molecule has 0 aliphatic carbocycles. The van der Waals surface area contributed by atoms with E-state index in [0.717, 1.165) is 24.3 Å². The van der Waals surface area contributed by atoms with E-state index >= 15 is 0 Å². The lowest BCUT2D eigenvalue weighted by Gasteiger charge is -2.15. The first-order valence-electron chi connectivity index (χ1n) is 9.53. The van der Waals surface area contributed by atoms with E-state index < -0.39 is 80.9 Å². The van der Waals surface area contributed by atoms with E-state index in [9.17, 15) is 52.7 Å². The Morgan fingerprint density at radius 2 is 0.811 bits per heavy atom. The Balaban J connectivity index is 1.82. The summed E-state index contributed by atoms with van der Waals surface area (Å²) in [6.45, 7) is 0. The Labute approximate surface area is 196 Å². The van der Waals surface area contributed by atoms with E-state index in [2.05, 4.69) is 25.3 Å². The van der Waals surface area contributed by atoms with Gasteiger partial charge in [-0.3, -0.25) is 0 Å². The van der Waals surface area contributed by atoms with E-state index in [1.807, 2.05) is 0 Å². The van der Waals surface area contributed by atoms with Crippen molar-refractivity contribution in [2.24, 2.45) is 0 Å². The van der Waals surface area contributed by atoms with Gasteiger partial charge in [-0.15, -0.1) is 0 Å². The van der Waals surface area contributed by atoms with Crippen LogP contribution >= 0.6 is 0 Å². The number of pyridine rings is 4. The minimum absolute atomic E-state index is 0.190. The van der Waals surface area contributed by atoms with Crippen molar-refractivity contribution < 1.29 is 52.7 Å². The molecule has 4 rings (SSSR count). The predicted molar refractivity (Wildman–Crippen MR) is 102 cm³/mol. The highest BCUT2D eigenvalue weighted by Crippen LogP contribution is 2.40. The maximum atomic E-state index is 13.3. The number of hydrogen-bond donors (Lipinski definition) is 1. The minimum atomic E-state index is -5.25. The Bertz CT molecular complexity index is 1390. The molecule has 0 bridgehead atoms. The summed E-state index contributed by atoms with van der Waals surface area (Å²) < 4.78 is 158. The van der Waals surface area contributed by atoms with Crippen molar-refractivity contribution in [2.45, 2.75) is 24.7 Å². The first-order valence-corrected chi connectivity index (χ1v) is 9.53. The van der Waals surface area contributed by atoms with Gasteiger partial charge in [-0.25, -0.2) is 19.9 Å². The van der Waals surface area contributed by atoms with Gasteiger partial charge in [0.15, 0.2) is 11.3 Å². The highest BCUT2D eigenvalue weighted by molar-refractivity contribution is 5.83. The topological polar surface area (TPSA) is 63.6 Å². The van der Waals surface area contributed by atoms with Crippen LogP contribution < -0.4 is 5.32 Å². The third kappa shape index (κ3) is 5.29. The molecule has 37 heavy (non-hydrogen) atoms. The summed E-state index contributed by atoms with van der Waals surface area (Å²) in [7, 11) is 0. The number of fused-ring (bicyclic) bond motifs is 2. The molecular formula is C20H7F12N5. The SMILES string of the molecule is FC(F)(F)c1cc(C(F)(F)F)c2ccc(Nc3ccc4c(C(F)(F)F)cc(C(F)(F)F)nc4n3)nc2n1. The van der Waals surface area contributed by atoms with Gasteiger partial charge >= 0.3 is 24.7 Å². The summed E-state index contributed by atoms with van der Waals surface area (Å²) >= 11 is 0. The fraction of sp³-hybridized carbons (Fsp3) is 0.200. The molecule has 0 aliphatic rings. The summed E-state index contributed by atoms with van der Waals surface area (Å²) in [4.78, 5) is 13.3. The highest BCUT2D eigenvalue weighted by atomic mass is 19.4. The molecule has 4 aromatic rings. The van der Waals surface area contributed by atoms with Gasteiger partial charge < -0.3 is 5.32 Å². The molecular weight excluding hydrogens is 538 g/mol. The average molecular weight is 545 g/mol. The Hall–Kier alpha value is -3.92. The average Bonchev–Trinajstić information content (AvgIpc) is 2.74. The van der Waals surface area contributed by atoms with Crippen molar-refractivity contribution in [3.63, 3.8) is 0 Å². The molecule has 196 valence electrons. The smallest absolute Gasteiger partial charge is 0.325 e. The van der Waals surface area contributed by atoms with E-state index in [-0.39, 0.29) is 12.1 Å². The van der Waals surface area contributed by atoms with E-state index in [4.69, 9.17) is 0 Å². The second-order valence-corrected chi connectivity index (χ2v) is 7.36. The van der Waals surface area contributed by atoms with Crippen LogP contribution in [0.5, 0.6) is 0 Å². The summed E-state index contributed by atoms with van der Waals surface area (Å²) in [5.41, 5.74) is -9.07. The lowest BCUT2D eigenvalue weighted by molar-refractivity contribution is -0.146. The maximum Gasteiger partial charge on any atom is 0.433 e. The minimum Gasteiger partial charge on any atom is -0.325 e. The first kappa shape index (κ1) is 26.2. The zero-order chi connectivity index (χ0) is 27.6. The van der Waals surface area contributed by atoms with Gasteiger partial charge in [-0.1, -0.05) is 0 Å². The van der Waals surface area contributed by atoms with Crippen molar-refractivity contribution >= 4 is 33.7 Å². The monoisotopic (exact) mass is 545 g/mol. The fourth-order valence-corrected chi connectivity index (χ4v) is 3.24. The third-order valence-corrected chi connectivity index (χ3v) is 4.79. The second-order valence-electron chi connectivity index (χ2n) is 7.36. The maximum absolute atomic E-state index is 13.3. The normalized spacial score (nSPS) is 13.4. The van der Waals surface area contributed by atoms with Gasteiger partial charge in [-0.05, 0) is 36.4 Å². The molecule has 0 atom stereocenters. The summed E-state index contributed by atoms with van der Waals surface area (Å²) in [6, 6.07) is 2.85. The largest absolute Gasteiger partial charge is 0.433 e. The van der Waals surface area contributed by atoms with E-state index in [1.54, 1.807) is 0 Å². The van der Waals surface area contributed by atoms with Crippen LogP contribution in [0, 0.1) is 0 Å². The van der Waals surface area contributed by atoms with Crippen LogP contribution in [0.4, 0.5) is 64.3 Å². The van der Waals surface area contributed by atoms with Crippen molar-refractivity contribution in [3.8, 4) is 0 Å². The molecule has 0 fully saturated rings.